The average Bonchev–Trinajstić information content (AvgIpc) is 2.90. The number of benzene rings is 1. The highest BCUT2D eigenvalue weighted by molar-refractivity contribution is 5.95. The Hall–Kier alpha value is -1.97. The van der Waals surface area contributed by atoms with Crippen LogP contribution in [0.4, 0.5) is 0 Å². The molecule has 0 radical (unpaired) electrons. The molecule has 1 N–H and O–H groups in total. The summed E-state index contributed by atoms with van der Waals surface area (Å²) < 4.78 is 7.51. The number of nitrogens with zero attached hydrogens (tertiary/aromatic N) is 1. The van der Waals surface area contributed by atoms with Crippen LogP contribution in [-0.2, 0) is 7.05 Å². The summed E-state index contributed by atoms with van der Waals surface area (Å²) in [6, 6.07) is 7.46. The van der Waals surface area contributed by atoms with Crippen molar-refractivity contribution >= 4 is 16.9 Å². The highest BCUT2D eigenvalue weighted by Gasteiger charge is 2.12. The van der Waals surface area contributed by atoms with Gasteiger partial charge >= 0.3 is 5.97 Å². The highest BCUT2D eigenvalue weighted by atomic mass is 16.5. The van der Waals surface area contributed by atoms with E-state index in [0.717, 1.165) is 29.7 Å². The zero-order valence-corrected chi connectivity index (χ0v) is 14.9. The number of unbranched alkanes of at least 4 members (excludes halogenated alkanes) is 7. The Bertz CT molecular complexity index is 660. The molecule has 4 heteroatoms. The van der Waals surface area contributed by atoms with Crippen molar-refractivity contribution < 1.29 is 14.6 Å². The molecule has 2 aromatic rings. The lowest BCUT2D eigenvalue weighted by atomic mass is 10.1. The summed E-state index contributed by atoms with van der Waals surface area (Å²) in [4.78, 5) is 11.2. The number of rotatable bonds is 11. The Labute approximate surface area is 144 Å². The number of carboxylic acids is 1. The molecule has 0 unspecified atom stereocenters. The molecule has 0 saturated carbocycles. The predicted molar refractivity (Wildman–Crippen MR) is 98.0 cm³/mol. The van der Waals surface area contributed by atoms with Gasteiger partial charge in [0.2, 0.25) is 0 Å². The second kappa shape index (κ2) is 9.36. The van der Waals surface area contributed by atoms with Gasteiger partial charge in [-0.25, -0.2) is 4.79 Å². The third-order valence-corrected chi connectivity index (χ3v) is 4.50. The van der Waals surface area contributed by atoms with Crippen molar-refractivity contribution in [2.24, 2.45) is 7.05 Å². The lowest BCUT2D eigenvalue weighted by Gasteiger charge is -2.07. The Balaban J connectivity index is 1.74. The Morgan fingerprint density at radius 1 is 1.04 bits per heavy atom. The van der Waals surface area contributed by atoms with Crippen LogP contribution in [0.1, 0.15) is 68.8 Å². The number of aromatic carboxylic acids is 1. The van der Waals surface area contributed by atoms with Crippen LogP contribution in [-0.4, -0.2) is 22.2 Å². The fourth-order valence-electron chi connectivity index (χ4n) is 3.05. The molecule has 0 fully saturated rings. The van der Waals surface area contributed by atoms with Crippen molar-refractivity contribution in [1.29, 1.82) is 0 Å². The van der Waals surface area contributed by atoms with Crippen LogP contribution < -0.4 is 4.74 Å². The molecule has 0 aliphatic heterocycles. The zero-order chi connectivity index (χ0) is 17.4. The van der Waals surface area contributed by atoms with Crippen LogP contribution in [0.5, 0.6) is 5.75 Å². The first-order valence-electron chi connectivity index (χ1n) is 9.09. The topological polar surface area (TPSA) is 51.5 Å². The van der Waals surface area contributed by atoms with Gasteiger partial charge in [0, 0.05) is 18.0 Å². The van der Waals surface area contributed by atoms with Gasteiger partial charge in [0.25, 0.3) is 0 Å². The fourth-order valence-corrected chi connectivity index (χ4v) is 3.05. The molecule has 0 spiro atoms. The standard InChI is InChI=1S/C20H29NO3/c1-3-4-5-6-7-8-9-10-13-24-17-11-12-18-16(14-17)15-19(20(22)23)21(18)2/h11-12,14-15H,3-10,13H2,1-2H3,(H,22,23). The summed E-state index contributed by atoms with van der Waals surface area (Å²) in [6.45, 7) is 2.96. The summed E-state index contributed by atoms with van der Waals surface area (Å²) in [5.74, 6) is -0.0944. The second-order valence-corrected chi connectivity index (χ2v) is 6.44. The van der Waals surface area contributed by atoms with Crippen LogP contribution in [0.2, 0.25) is 0 Å². The molecule has 1 aromatic carbocycles. The molecule has 0 aliphatic rings. The SMILES string of the molecule is CCCCCCCCCCOc1ccc2c(c1)cc(C(=O)O)n2C. The van der Waals surface area contributed by atoms with Gasteiger partial charge in [0.1, 0.15) is 11.4 Å². The maximum absolute atomic E-state index is 11.2. The number of aromatic nitrogens is 1. The van der Waals surface area contributed by atoms with Gasteiger partial charge in [-0.1, -0.05) is 51.9 Å². The Morgan fingerprint density at radius 3 is 2.38 bits per heavy atom. The lowest BCUT2D eigenvalue weighted by molar-refractivity contribution is 0.0687. The number of carboxylic acid groups (broad SMARTS) is 1. The Morgan fingerprint density at radius 2 is 1.71 bits per heavy atom. The van der Waals surface area contributed by atoms with E-state index >= 15 is 0 Å². The van der Waals surface area contributed by atoms with Gasteiger partial charge in [-0.05, 0) is 30.7 Å². The number of hydrogen-bond donors (Lipinski definition) is 1. The summed E-state index contributed by atoms with van der Waals surface area (Å²) in [6.07, 6.45) is 10.3. The number of ether oxygens (including phenoxy) is 1. The largest absolute Gasteiger partial charge is 0.494 e. The maximum Gasteiger partial charge on any atom is 0.352 e. The van der Waals surface area contributed by atoms with Crippen LogP contribution in [0.3, 0.4) is 0 Å². The van der Waals surface area contributed by atoms with Crippen molar-refractivity contribution in [3.8, 4) is 5.75 Å². The van der Waals surface area contributed by atoms with Gasteiger partial charge in [-0.2, -0.15) is 0 Å². The van der Waals surface area contributed by atoms with Gasteiger partial charge in [-0.15, -0.1) is 0 Å². The molecule has 0 saturated heterocycles. The summed E-state index contributed by atoms with van der Waals surface area (Å²) in [7, 11) is 1.77. The summed E-state index contributed by atoms with van der Waals surface area (Å²) in [5.41, 5.74) is 1.21. The number of fused-ring (bicyclic) bond motifs is 1. The van der Waals surface area contributed by atoms with E-state index in [2.05, 4.69) is 6.92 Å². The maximum atomic E-state index is 11.2. The molecule has 1 heterocycles. The average molecular weight is 331 g/mol. The van der Waals surface area contributed by atoms with E-state index in [1.165, 1.54) is 44.9 Å². The van der Waals surface area contributed by atoms with Crippen molar-refractivity contribution in [3.63, 3.8) is 0 Å². The molecular weight excluding hydrogens is 302 g/mol. The van der Waals surface area contributed by atoms with Gasteiger partial charge in [0.05, 0.1) is 6.61 Å². The molecular formula is C20H29NO3. The molecule has 24 heavy (non-hydrogen) atoms. The summed E-state index contributed by atoms with van der Waals surface area (Å²) in [5, 5.41) is 10.1. The molecule has 1 aromatic heterocycles. The number of aryl methyl sites for hydroxylation is 1. The van der Waals surface area contributed by atoms with Crippen molar-refractivity contribution in [1.82, 2.24) is 4.57 Å². The first kappa shape index (κ1) is 18.4. The van der Waals surface area contributed by atoms with Crippen molar-refractivity contribution in [2.75, 3.05) is 6.61 Å². The Kier molecular flexibility index (Phi) is 7.16. The molecule has 0 atom stereocenters. The molecule has 0 bridgehead atoms. The molecule has 0 aliphatic carbocycles. The van der Waals surface area contributed by atoms with E-state index in [1.54, 1.807) is 17.7 Å². The van der Waals surface area contributed by atoms with E-state index in [-0.39, 0.29) is 0 Å². The highest BCUT2D eigenvalue weighted by Crippen LogP contribution is 2.24. The molecule has 0 amide bonds. The third-order valence-electron chi connectivity index (χ3n) is 4.50. The zero-order valence-electron chi connectivity index (χ0n) is 14.9. The minimum atomic E-state index is -0.907. The normalized spacial score (nSPS) is 11.1. The van der Waals surface area contributed by atoms with Gasteiger partial charge in [-0.3, -0.25) is 0 Å². The minimum Gasteiger partial charge on any atom is -0.494 e. The van der Waals surface area contributed by atoms with E-state index in [1.807, 2.05) is 18.2 Å². The van der Waals surface area contributed by atoms with Crippen LogP contribution in [0.25, 0.3) is 10.9 Å². The lowest BCUT2D eigenvalue weighted by Crippen LogP contribution is -2.03. The van der Waals surface area contributed by atoms with E-state index in [0.29, 0.717) is 5.69 Å². The smallest absolute Gasteiger partial charge is 0.352 e. The molecule has 2 rings (SSSR count). The van der Waals surface area contributed by atoms with E-state index in [9.17, 15) is 9.90 Å². The van der Waals surface area contributed by atoms with E-state index < -0.39 is 5.97 Å². The minimum absolute atomic E-state index is 0.297. The van der Waals surface area contributed by atoms with Gasteiger partial charge < -0.3 is 14.4 Å². The first-order chi connectivity index (χ1) is 11.6. The van der Waals surface area contributed by atoms with Crippen LogP contribution in [0, 0.1) is 0 Å². The van der Waals surface area contributed by atoms with Gasteiger partial charge in [0.15, 0.2) is 0 Å². The third kappa shape index (κ3) is 5.02. The number of hydrogen-bond acceptors (Lipinski definition) is 2. The monoisotopic (exact) mass is 331 g/mol. The first-order valence-corrected chi connectivity index (χ1v) is 9.09. The predicted octanol–water partition coefficient (Wildman–Crippen LogP) is 5.40. The van der Waals surface area contributed by atoms with E-state index in [4.69, 9.17) is 4.74 Å². The van der Waals surface area contributed by atoms with Crippen molar-refractivity contribution in [3.05, 3.63) is 30.0 Å². The van der Waals surface area contributed by atoms with Crippen LogP contribution >= 0.6 is 0 Å². The van der Waals surface area contributed by atoms with Crippen molar-refractivity contribution in [2.45, 2.75) is 58.3 Å². The summed E-state index contributed by atoms with van der Waals surface area (Å²) >= 11 is 0. The molecule has 132 valence electrons. The number of carbonyl (C=O) groups is 1. The quantitative estimate of drug-likeness (QED) is 0.561. The second-order valence-electron chi connectivity index (χ2n) is 6.44. The fraction of sp³-hybridized carbons (Fsp3) is 0.550. The molecule has 4 nitrogen and oxygen atoms in total. The van der Waals surface area contributed by atoms with Crippen LogP contribution in [0.15, 0.2) is 24.3 Å².